The Morgan fingerprint density at radius 1 is 1.26 bits per heavy atom. The molecule has 1 heterocycles. The Morgan fingerprint density at radius 2 is 1.89 bits per heavy atom. The molecule has 1 N–H and O–H groups in total. The number of nitrogens with zero attached hydrogens (tertiary/aromatic N) is 1. The third-order valence-electron chi connectivity index (χ3n) is 3.72. The van der Waals surface area contributed by atoms with E-state index >= 15 is 0 Å². The highest BCUT2D eigenvalue weighted by Crippen LogP contribution is 2.35. The first kappa shape index (κ1) is 14.2. The SMILES string of the molecule is CC1CCN(c2ccc(CO)c(C(F)(F)F)c2)CC1. The number of rotatable bonds is 2. The van der Waals surface area contributed by atoms with Crippen LogP contribution in [0.2, 0.25) is 0 Å². The molecular formula is C14H18F3NO. The van der Waals surface area contributed by atoms with Crippen LogP contribution in [0.25, 0.3) is 0 Å². The second-order valence-electron chi connectivity index (χ2n) is 5.17. The van der Waals surface area contributed by atoms with E-state index in [4.69, 9.17) is 5.11 Å². The Morgan fingerprint density at radius 3 is 2.42 bits per heavy atom. The largest absolute Gasteiger partial charge is 0.416 e. The van der Waals surface area contributed by atoms with Crippen molar-refractivity contribution in [1.29, 1.82) is 0 Å². The third-order valence-corrected chi connectivity index (χ3v) is 3.72. The van der Waals surface area contributed by atoms with Crippen LogP contribution >= 0.6 is 0 Å². The molecule has 1 fully saturated rings. The maximum Gasteiger partial charge on any atom is 0.416 e. The predicted octanol–water partition coefficient (Wildman–Crippen LogP) is 3.43. The number of hydrogen-bond acceptors (Lipinski definition) is 2. The van der Waals surface area contributed by atoms with Crippen LogP contribution in [0.4, 0.5) is 18.9 Å². The highest BCUT2D eigenvalue weighted by molar-refractivity contribution is 5.52. The highest BCUT2D eigenvalue weighted by atomic mass is 19.4. The van der Waals surface area contributed by atoms with E-state index < -0.39 is 18.3 Å². The van der Waals surface area contributed by atoms with Crippen LogP contribution in [0, 0.1) is 5.92 Å². The summed E-state index contributed by atoms with van der Waals surface area (Å²) >= 11 is 0. The zero-order valence-corrected chi connectivity index (χ0v) is 10.9. The maximum absolute atomic E-state index is 12.9. The second-order valence-corrected chi connectivity index (χ2v) is 5.17. The van der Waals surface area contributed by atoms with Gasteiger partial charge in [0, 0.05) is 18.8 Å². The monoisotopic (exact) mass is 273 g/mol. The maximum atomic E-state index is 12.9. The van der Waals surface area contributed by atoms with E-state index in [0.29, 0.717) is 11.6 Å². The molecule has 2 rings (SSSR count). The zero-order valence-electron chi connectivity index (χ0n) is 10.9. The lowest BCUT2D eigenvalue weighted by atomic mass is 9.98. The standard InChI is InChI=1S/C14H18F3NO/c1-10-4-6-18(7-5-10)12-3-2-11(9-19)13(8-12)14(15,16)17/h2-3,8,10,19H,4-7,9H2,1H3. The minimum Gasteiger partial charge on any atom is -0.392 e. The number of aliphatic hydroxyl groups is 1. The van der Waals surface area contributed by atoms with Gasteiger partial charge in [-0.15, -0.1) is 0 Å². The Bertz CT molecular complexity index is 437. The van der Waals surface area contributed by atoms with E-state index in [0.717, 1.165) is 32.0 Å². The van der Waals surface area contributed by atoms with Crippen LogP contribution in [-0.4, -0.2) is 18.2 Å². The summed E-state index contributed by atoms with van der Waals surface area (Å²) < 4.78 is 38.7. The van der Waals surface area contributed by atoms with Gasteiger partial charge in [0.2, 0.25) is 0 Å². The number of anilines is 1. The fourth-order valence-electron chi connectivity index (χ4n) is 2.43. The van der Waals surface area contributed by atoms with E-state index in [1.165, 1.54) is 6.07 Å². The number of alkyl halides is 3. The van der Waals surface area contributed by atoms with Crippen molar-refractivity contribution in [2.45, 2.75) is 32.5 Å². The first-order chi connectivity index (χ1) is 8.91. The first-order valence-corrected chi connectivity index (χ1v) is 6.47. The minimum atomic E-state index is -4.42. The van der Waals surface area contributed by atoms with E-state index in [9.17, 15) is 13.2 Å². The summed E-state index contributed by atoms with van der Waals surface area (Å²) in [6.07, 6.45) is -2.41. The number of hydrogen-bond donors (Lipinski definition) is 1. The molecule has 0 amide bonds. The Balaban J connectivity index is 2.28. The van der Waals surface area contributed by atoms with Crippen molar-refractivity contribution < 1.29 is 18.3 Å². The number of halogens is 3. The normalized spacial score (nSPS) is 17.8. The summed E-state index contributed by atoms with van der Waals surface area (Å²) in [7, 11) is 0. The van der Waals surface area contributed by atoms with Gasteiger partial charge >= 0.3 is 6.18 Å². The van der Waals surface area contributed by atoms with Crippen LogP contribution in [0.5, 0.6) is 0 Å². The molecule has 1 aliphatic heterocycles. The summed E-state index contributed by atoms with van der Waals surface area (Å²) in [6, 6.07) is 4.19. The smallest absolute Gasteiger partial charge is 0.392 e. The lowest BCUT2D eigenvalue weighted by Crippen LogP contribution is -2.33. The average molecular weight is 273 g/mol. The molecule has 1 aromatic carbocycles. The molecule has 1 aromatic rings. The van der Waals surface area contributed by atoms with Crippen molar-refractivity contribution >= 4 is 5.69 Å². The van der Waals surface area contributed by atoms with Crippen LogP contribution in [0.3, 0.4) is 0 Å². The molecule has 0 aliphatic carbocycles. The van der Waals surface area contributed by atoms with Crippen molar-refractivity contribution in [2.24, 2.45) is 5.92 Å². The molecule has 1 aliphatic rings. The zero-order chi connectivity index (χ0) is 14.0. The van der Waals surface area contributed by atoms with Crippen molar-refractivity contribution in [2.75, 3.05) is 18.0 Å². The Labute approximate surface area is 110 Å². The summed E-state index contributed by atoms with van der Waals surface area (Å²) in [5, 5.41) is 9.00. The van der Waals surface area contributed by atoms with Gasteiger partial charge in [-0.25, -0.2) is 0 Å². The van der Waals surface area contributed by atoms with Crippen molar-refractivity contribution in [3.8, 4) is 0 Å². The van der Waals surface area contributed by atoms with Crippen molar-refractivity contribution in [3.05, 3.63) is 29.3 Å². The molecule has 106 valence electrons. The van der Waals surface area contributed by atoms with Gasteiger partial charge < -0.3 is 10.0 Å². The fraction of sp³-hybridized carbons (Fsp3) is 0.571. The topological polar surface area (TPSA) is 23.5 Å². The molecule has 0 spiro atoms. The van der Waals surface area contributed by atoms with Gasteiger partial charge in [0.25, 0.3) is 0 Å². The van der Waals surface area contributed by atoms with Crippen LogP contribution < -0.4 is 4.90 Å². The van der Waals surface area contributed by atoms with Crippen LogP contribution in [-0.2, 0) is 12.8 Å². The summed E-state index contributed by atoms with van der Waals surface area (Å²) in [5.41, 5.74) is -0.204. The molecule has 0 aromatic heterocycles. The van der Waals surface area contributed by atoms with Gasteiger partial charge in [-0.3, -0.25) is 0 Å². The second kappa shape index (κ2) is 5.41. The molecule has 0 saturated carbocycles. The highest BCUT2D eigenvalue weighted by Gasteiger charge is 2.34. The van der Waals surface area contributed by atoms with Crippen LogP contribution in [0.15, 0.2) is 18.2 Å². The van der Waals surface area contributed by atoms with E-state index in [2.05, 4.69) is 6.92 Å². The van der Waals surface area contributed by atoms with Gasteiger partial charge in [-0.05, 0) is 36.5 Å². The molecule has 0 radical (unpaired) electrons. The molecule has 0 unspecified atom stereocenters. The van der Waals surface area contributed by atoms with Crippen LogP contribution in [0.1, 0.15) is 30.9 Å². The van der Waals surface area contributed by atoms with Crippen molar-refractivity contribution in [1.82, 2.24) is 0 Å². The van der Waals surface area contributed by atoms with Gasteiger partial charge in [-0.1, -0.05) is 13.0 Å². The minimum absolute atomic E-state index is 0.0679. The molecule has 0 atom stereocenters. The van der Waals surface area contributed by atoms with Gasteiger partial charge in [0.1, 0.15) is 0 Å². The molecular weight excluding hydrogens is 255 g/mol. The lowest BCUT2D eigenvalue weighted by Gasteiger charge is -2.32. The van der Waals surface area contributed by atoms with E-state index in [1.807, 2.05) is 4.90 Å². The lowest BCUT2D eigenvalue weighted by molar-refractivity contribution is -0.138. The molecule has 0 bridgehead atoms. The fourth-order valence-corrected chi connectivity index (χ4v) is 2.43. The van der Waals surface area contributed by atoms with E-state index in [-0.39, 0.29) is 5.56 Å². The first-order valence-electron chi connectivity index (χ1n) is 6.47. The average Bonchev–Trinajstić information content (AvgIpc) is 2.38. The van der Waals surface area contributed by atoms with Crippen molar-refractivity contribution in [3.63, 3.8) is 0 Å². The number of piperidine rings is 1. The third kappa shape index (κ3) is 3.21. The number of aliphatic hydroxyl groups excluding tert-OH is 1. The number of benzene rings is 1. The Hall–Kier alpha value is -1.23. The quantitative estimate of drug-likeness (QED) is 0.892. The van der Waals surface area contributed by atoms with Gasteiger partial charge in [0.15, 0.2) is 0 Å². The molecule has 19 heavy (non-hydrogen) atoms. The predicted molar refractivity (Wildman–Crippen MR) is 68.0 cm³/mol. The van der Waals surface area contributed by atoms with Gasteiger partial charge in [0.05, 0.1) is 12.2 Å². The van der Waals surface area contributed by atoms with E-state index in [1.54, 1.807) is 6.07 Å². The van der Waals surface area contributed by atoms with Gasteiger partial charge in [-0.2, -0.15) is 13.2 Å². The molecule has 2 nitrogen and oxygen atoms in total. The summed E-state index contributed by atoms with van der Waals surface area (Å²) in [5.74, 6) is 0.634. The molecule has 5 heteroatoms. The Kier molecular flexibility index (Phi) is 4.04. The molecule has 1 saturated heterocycles. The summed E-state index contributed by atoms with van der Waals surface area (Å²) in [6.45, 7) is 3.15. The summed E-state index contributed by atoms with van der Waals surface area (Å²) in [4.78, 5) is 1.98.